The Morgan fingerprint density at radius 3 is 2.31 bits per heavy atom. The van der Waals surface area contributed by atoms with Gasteiger partial charge in [-0.3, -0.25) is 0 Å². The van der Waals surface area contributed by atoms with Gasteiger partial charge in [-0.15, -0.1) is 0 Å². The molecule has 1 aliphatic carbocycles. The summed E-state index contributed by atoms with van der Waals surface area (Å²) in [5.74, 6) is 0.0487. The molecule has 2 heterocycles. The number of anilines is 2. The minimum Gasteiger partial charge on any atom is -0.456 e. The van der Waals surface area contributed by atoms with Gasteiger partial charge in [0.25, 0.3) is 0 Å². The third kappa shape index (κ3) is 4.36. The van der Waals surface area contributed by atoms with E-state index in [9.17, 15) is 0 Å². The normalized spacial score (nSPS) is 14.9. The summed E-state index contributed by atoms with van der Waals surface area (Å²) in [6.07, 6.45) is 8.69. The first-order valence-corrected chi connectivity index (χ1v) is 16.5. The second kappa shape index (κ2) is 11.1. The number of aryl methyl sites for hydroxylation is 1. The van der Waals surface area contributed by atoms with E-state index in [1.54, 1.807) is 0 Å². The van der Waals surface area contributed by atoms with Gasteiger partial charge in [-0.05, 0) is 89.4 Å². The number of allylic oxidation sites excluding steroid dienone is 3. The molecule has 0 saturated carbocycles. The van der Waals surface area contributed by atoms with Gasteiger partial charge in [-0.1, -0.05) is 110 Å². The Labute approximate surface area is 279 Å². The van der Waals surface area contributed by atoms with Gasteiger partial charge in [-0.2, -0.15) is 0 Å². The molecule has 6 aromatic carbocycles. The molecule has 0 spiro atoms. The Bertz CT molecular complexity index is 2710. The van der Waals surface area contributed by atoms with E-state index >= 15 is 0 Å². The Kier molecular flexibility index (Phi) is 6.50. The minimum atomic E-state index is 0.0487. The lowest BCUT2D eigenvalue weighted by Gasteiger charge is -2.31. The summed E-state index contributed by atoms with van der Waals surface area (Å²) >= 11 is 0. The smallest absolute Gasteiger partial charge is 0.159 e. The zero-order valence-electron chi connectivity index (χ0n) is 27.1. The highest BCUT2D eigenvalue weighted by Gasteiger charge is 2.28. The third-order valence-corrected chi connectivity index (χ3v) is 9.71. The van der Waals surface area contributed by atoms with Gasteiger partial charge in [0.05, 0.1) is 22.5 Å². The van der Waals surface area contributed by atoms with Crippen molar-refractivity contribution in [3.63, 3.8) is 0 Å². The number of furan rings is 2. The zero-order chi connectivity index (χ0) is 32.4. The molecule has 0 fully saturated rings. The summed E-state index contributed by atoms with van der Waals surface area (Å²) < 4.78 is 13.3. The van der Waals surface area contributed by atoms with Gasteiger partial charge in [0.1, 0.15) is 16.7 Å². The number of hydrogen-bond acceptors (Lipinski definition) is 3. The fraction of sp³-hybridized carbons (Fsp3) is 0.0889. The maximum Gasteiger partial charge on any atom is 0.159 e. The summed E-state index contributed by atoms with van der Waals surface area (Å²) in [7, 11) is 0. The topological polar surface area (TPSA) is 29.5 Å². The molecule has 0 aliphatic heterocycles. The number of fused-ring (bicyclic) bond motifs is 7. The molecule has 8 aromatic rings. The summed E-state index contributed by atoms with van der Waals surface area (Å²) in [4.78, 5) is 2.34. The van der Waals surface area contributed by atoms with Crippen molar-refractivity contribution in [2.24, 2.45) is 5.92 Å². The van der Waals surface area contributed by atoms with Crippen LogP contribution in [-0.2, 0) is 0 Å². The summed E-state index contributed by atoms with van der Waals surface area (Å²) in [6.45, 7) is 6.44. The standard InChI is InChI=1S/C45H33NO2/c1-4-11-30-22-24-36-35-15-9-17-40(45(35)48-44(36)29(30)3)46(39-16-10-19-42-43(39)37-14-7-8-18-41(37)47-42)38-25-23-33(26-28(38)2)34-21-20-31-12-5-6-13-32(31)27-34/h4-24,26-28H,1-3H3/b11-4-. The molecule has 0 radical (unpaired) electrons. The van der Waals surface area contributed by atoms with E-state index in [1.165, 1.54) is 16.3 Å². The molecule has 230 valence electrons. The summed E-state index contributed by atoms with van der Waals surface area (Å²) in [5, 5.41) is 6.83. The van der Waals surface area contributed by atoms with Crippen LogP contribution in [0.3, 0.4) is 0 Å². The van der Waals surface area contributed by atoms with E-state index in [4.69, 9.17) is 8.83 Å². The van der Waals surface area contributed by atoms with E-state index in [1.807, 2.05) is 19.1 Å². The maximum atomic E-state index is 6.88. The number of hydrogen-bond donors (Lipinski definition) is 0. The Balaban J connectivity index is 1.30. The SMILES string of the molecule is C/C=C\c1ccc2c(oc3c(N(C4=C=CC(c5ccc6ccccc6c5)=CC4C)c4cccc5oc6ccccc6c45)cccc32)c1C. The number of benzene rings is 6. The lowest BCUT2D eigenvalue weighted by molar-refractivity contribution is 0.664. The maximum absolute atomic E-state index is 6.88. The van der Waals surface area contributed by atoms with Crippen molar-refractivity contribution in [1.29, 1.82) is 0 Å². The van der Waals surface area contributed by atoms with Gasteiger partial charge in [-0.25, -0.2) is 0 Å². The molecule has 0 amide bonds. The van der Waals surface area contributed by atoms with Crippen molar-refractivity contribution >= 4 is 77.7 Å². The lowest BCUT2D eigenvalue weighted by atomic mass is 9.92. The predicted molar refractivity (Wildman–Crippen MR) is 202 cm³/mol. The molecule has 0 N–H and O–H groups in total. The van der Waals surface area contributed by atoms with Gasteiger partial charge >= 0.3 is 0 Å². The van der Waals surface area contributed by atoms with Crippen LogP contribution in [0.4, 0.5) is 11.4 Å². The molecule has 1 unspecified atom stereocenters. The van der Waals surface area contributed by atoms with Crippen LogP contribution in [0.2, 0.25) is 0 Å². The van der Waals surface area contributed by atoms with Crippen molar-refractivity contribution in [2.45, 2.75) is 20.8 Å². The van der Waals surface area contributed by atoms with Crippen LogP contribution < -0.4 is 4.90 Å². The second-order valence-electron chi connectivity index (χ2n) is 12.6. The molecule has 9 rings (SSSR count). The minimum absolute atomic E-state index is 0.0487. The first kappa shape index (κ1) is 28.2. The van der Waals surface area contributed by atoms with Crippen molar-refractivity contribution in [3.05, 3.63) is 162 Å². The van der Waals surface area contributed by atoms with Gasteiger partial charge in [0, 0.05) is 22.1 Å². The molecule has 0 bridgehead atoms. The third-order valence-electron chi connectivity index (χ3n) is 9.71. The molecular formula is C45H33NO2. The van der Waals surface area contributed by atoms with Crippen LogP contribution >= 0.6 is 0 Å². The molecule has 2 aromatic heterocycles. The summed E-state index contributed by atoms with van der Waals surface area (Å²) in [6, 6.07) is 40.6. The number of nitrogens with zero attached hydrogens (tertiary/aromatic N) is 1. The average Bonchev–Trinajstić information content (AvgIpc) is 3.70. The van der Waals surface area contributed by atoms with E-state index in [2.05, 4.69) is 152 Å². The zero-order valence-corrected chi connectivity index (χ0v) is 27.1. The van der Waals surface area contributed by atoms with E-state index in [-0.39, 0.29) is 5.92 Å². The highest BCUT2D eigenvalue weighted by molar-refractivity contribution is 6.15. The Hall–Kier alpha value is -6.02. The summed E-state index contributed by atoms with van der Waals surface area (Å²) in [5.41, 5.74) is 14.9. The molecule has 1 aliphatic rings. The van der Waals surface area contributed by atoms with Crippen LogP contribution in [-0.4, -0.2) is 0 Å². The highest BCUT2D eigenvalue weighted by Crippen LogP contribution is 2.46. The Morgan fingerprint density at radius 2 is 1.44 bits per heavy atom. The van der Waals surface area contributed by atoms with Crippen molar-refractivity contribution in [3.8, 4) is 0 Å². The number of para-hydroxylation sites is 2. The molecule has 3 heteroatoms. The van der Waals surface area contributed by atoms with Gasteiger partial charge in [0.2, 0.25) is 0 Å². The quantitative estimate of drug-likeness (QED) is 0.180. The first-order valence-electron chi connectivity index (χ1n) is 16.5. The fourth-order valence-corrected chi connectivity index (χ4v) is 7.36. The van der Waals surface area contributed by atoms with Crippen LogP contribution in [0.5, 0.6) is 0 Å². The average molecular weight is 620 g/mol. The van der Waals surface area contributed by atoms with E-state index < -0.39 is 0 Å². The second-order valence-corrected chi connectivity index (χ2v) is 12.6. The molecule has 0 saturated heterocycles. The highest BCUT2D eigenvalue weighted by atomic mass is 16.3. The van der Waals surface area contributed by atoms with Crippen molar-refractivity contribution in [2.75, 3.05) is 4.90 Å². The molecule has 48 heavy (non-hydrogen) atoms. The monoisotopic (exact) mass is 619 g/mol. The predicted octanol–water partition coefficient (Wildman–Crippen LogP) is 12.9. The van der Waals surface area contributed by atoms with E-state index in [0.29, 0.717) is 0 Å². The first-order chi connectivity index (χ1) is 23.6. The van der Waals surface area contributed by atoms with Crippen molar-refractivity contribution < 1.29 is 8.83 Å². The van der Waals surface area contributed by atoms with Crippen LogP contribution in [0.15, 0.2) is 154 Å². The Morgan fingerprint density at radius 1 is 0.688 bits per heavy atom. The van der Waals surface area contributed by atoms with Gasteiger partial charge < -0.3 is 13.7 Å². The van der Waals surface area contributed by atoms with Gasteiger partial charge in [0.15, 0.2) is 5.58 Å². The van der Waals surface area contributed by atoms with Crippen LogP contribution in [0.25, 0.3) is 66.3 Å². The van der Waals surface area contributed by atoms with E-state index in [0.717, 1.165) is 77.6 Å². The van der Waals surface area contributed by atoms with Crippen LogP contribution in [0, 0.1) is 12.8 Å². The van der Waals surface area contributed by atoms with Crippen LogP contribution in [0.1, 0.15) is 30.5 Å². The molecular weight excluding hydrogens is 587 g/mol. The largest absolute Gasteiger partial charge is 0.456 e. The lowest BCUT2D eigenvalue weighted by Crippen LogP contribution is -2.21. The number of rotatable bonds is 5. The van der Waals surface area contributed by atoms with Crippen molar-refractivity contribution in [1.82, 2.24) is 0 Å². The molecule has 3 nitrogen and oxygen atoms in total. The molecule has 1 atom stereocenters. The fourth-order valence-electron chi connectivity index (χ4n) is 7.36.